The van der Waals surface area contributed by atoms with Crippen molar-refractivity contribution in [2.45, 2.75) is 38.8 Å². The number of hydrogen-bond acceptors (Lipinski definition) is 9. The molecule has 1 amide bonds. The first kappa shape index (κ1) is 23.2. The number of thiazole rings is 1. The van der Waals surface area contributed by atoms with E-state index in [1.165, 1.54) is 0 Å². The van der Waals surface area contributed by atoms with E-state index in [0.29, 0.717) is 43.0 Å². The van der Waals surface area contributed by atoms with Gasteiger partial charge in [0.2, 0.25) is 0 Å². The summed E-state index contributed by atoms with van der Waals surface area (Å²) in [5.41, 5.74) is 0.765. The van der Waals surface area contributed by atoms with Crippen LogP contribution in [0.1, 0.15) is 56.7 Å². The molecular formula is C19H24ClN5O5S. The number of carbonyl (C=O) groups excluding carboxylic acids is 3. The molecule has 2 atom stereocenters. The zero-order chi connectivity index (χ0) is 22.5. The zero-order valence-corrected chi connectivity index (χ0v) is 19.0. The van der Waals surface area contributed by atoms with Gasteiger partial charge in [0.15, 0.2) is 22.4 Å². The first-order chi connectivity index (χ1) is 14.9. The Kier molecular flexibility index (Phi) is 7.63. The number of aromatic nitrogens is 3. The minimum Gasteiger partial charge on any atom is -0.462 e. The number of piperidine rings is 1. The van der Waals surface area contributed by atoms with Crippen molar-refractivity contribution in [3.05, 3.63) is 27.2 Å². The van der Waals surface area contributed by atoms with Gasteiger partial charge in [-0.15, -0.1) is 0 Å². The first-order valence-electron chi connectivity index (χ1n) is 9.87. The van der Waals surface area contributed by atoms with Crippen LogP contribution in [0.4, 0.5) is 5.13 Å². The molecule has 0 aliphatic carbocycles. The highest BCUT2D eigenvalue weighted by Gasteiger charge is 2.33. The number of imidazole rings is 1. The second-order valence-electron chi connectivity index (χ2n) is 6.85. The van der Waals surface area contributed by atoms with Crippen LogP contribution in [0.3, 0.4) is 0 Å². The molecule has 3 rings (SSSR count). The van der Waals surface area contributed by atoms with Crippen molar-refractivity contribution in [1.82, 2.24) is 20.3 Å². The van der Waals surface area contributed by atoms with Crippen molar-refractivity contribution < 1.29 is 23.9 Å². The van der Waals surface area contributed by atoms with Crippen LogP contribution in [-0.2, 0) is 15.9 Å². The molecule has 10 nitrogen and oxygen atoms in total. The summed E-state index contributed by atoms with van der Waals surface area (Å²) in [6, 6.07) is -0.252. The highest BCUT2D eigenvalue weighted by molar-refractivity contribution is 7.17. The molecule has 3 heterocycles. The van der Waals surface area contributed by atoms with Crippen LogP contribution in [0.2, 0.25) is 5.15 Å². The van der Waals surface area contributed by atoms with Crippen LogP contribution in [0.25, 0.3) is 0 Å². The monoisotopic (exact) mass is 469 g/mol. The molecule has 12 heteroatoms. The first-order valence-corrected chi connectivity index (χ1v) is 11.1. The smallest absolute Gasteiger partial charge is 0.350 e. The Bertz CT molecular complexity index is 962. The number of hydrogen-bond donors (Lipinski definition) is 2. The Labute approximate surface area is 188 Å². The van der Waals surface area contributed by atoms with Gasteiger partial charge in [-0.3, -0.25) is 9.59 Å². The van der Waals surface area contributed by atoms with Gasteiger partial charge in [0.25, 0.3) is 5.91 Å². The molecule has 0 spiro atoms. The third kappa shape index (κ3) is 5.05. The minimum atomic E-state index is -0.567. The molecule has 1 aliphatic rings. The fraction of sp³-hybridized carbons (Fsp3) is 0.526. The normalized spacial score (nSPS) is 18.6. The molecule has 2 aromatic rings. The van der Waals surface area contributed by atoms with Crippen LogP contribution >= 0.6 is 22.9 Å². The van der Waals surface area contributed by atoms with Crippen molar-refractivity contribution >= 4 is 46.2 Å². The number of amides is 1. The summed E-state index contributed by atoms with van der Waals surface area (Å²) < 4.78 is 10.6. The Morgan fingerprint density at radius 3 is 2.77 bits per heavy atom. The molecule has 31 heavy (non-hydrogen) atoms. The van der Waals surface area contributed by atoms with Crippen LogP contribution < -0.4 is 10.2 Å². The van der Waals surface area contributed by atoms with Gasteiger partial charge in [-0.25, -0.2) is 14.8 Å². The number of aryl methyl sites for hydroxylation is 1. The van der Waals surface area contributed by atoms with E-state index in [4.69, 9.17) is 21.1 Å². The SMILES string of the molecule is CCOC(=O)c1sc(N2CC[C@@H](NC(=O)c3nc(Cl)c(CC)[nH]3)[C@@H](OC)C2)nc1C=O. The lowest BCUT2D eigenvalue weighted by Gasteiger charge is -2.37. The number of ether oxygens (including phenoxy) is 2. The van der Waals surface area contributed by atoms with Crippen LogP contribution in [0.15, 0.2) is 0 Å². The number of nitrogens with one attached hydrogen (secondary N) is 2. The van der Waals surface area contributed by atoms with E-state index in [1.807, 2.05) is 11.8 Å². The Morgan fingerprint density at radius 2 is 2.16 bits per heavy atom. The minimum absolute atomic E-state index is 0.0595. The van der Waals surface area contributed by atoms with E-state index in [0.717, 1.165) is 11.3 Å². The second kappa shape index (κ2) is 10.2. The average molecular weight is 470 g/mol. The van der Waals surface area contributed by atoms with Crippen molar-refractivity contribution in [1.29, 1.82) is 0 Å². The molecule has 168 valence electrons. The van der Waals surface area contributed by atoms with Gasteiger partial charge in [-0.2, -0.15) is 0 Å². The van der Waals surface area contributed by atoms with Crippen molar-refractivity contribution in [3.8, 4) is 0 Å². The summed E-state index contributed by atoms with van der Waals surface area (Å²) in [6.07, 6.45) is 1.43. The van der Waals surface area contributed by atoms with E-state index < -0.39 is 5.97 Å². The van der Waals surface area contributed by atoms with Gasteiger partial charge >= 0.3 is 5.97 Å². The van der Waals surface area contributed by atoms with Gasteiger partial charge in [0.1, 0.15) is 10.6 Å². The molecular weight excluding hydrogens is 446 g/mol. The maximum atomic E-state index is 12.6. The number of anilines is 1. The summed E-state index contributed by atoms with van der Waals surface area (Å²) in [5.74, 6) is -0.764. The number of aromatic amines is 1. The summed E-state index contributed by atoms with van der Waals surface area (Å²) in [7, 11) is 1.56. The number of nitrogens with zero attached hydrogens (tertiary/aromatic N) is 3. The van der Waals surface area contributed by atoms with E-state index in [1.54, 1.807) is 14.0 Å². The summed E-state index contributed by atoms with van der Waals surface area (Å²) in [5, 5.41) is 3.76. The lowest BCUT2D eigenvalue weighted by molar-refractivity contribution is 0.0529. The standard InChI is InChI=1S/C19H24ClN5O5S/c1-4-10-15(20)24-16(21-10)17(27)22-11-6-7-25(8-13(11)29-3)19-23-12(9-26)14(31-19)18(28)30-5-2/h9,11,13H,4-8H2,1-3H3,(H,21,24)(H,22,27)/t11-,13+/m1/s1. The van der Waals surface area contributed by atoms with Crippen molar-refractivity contribution in [3.63, 3.8) is 0 Å². The number of methoxy groups -OCH3 is 1. The molecule has 1 fully saturated rings. The van der Waals surface area contributed by atoms with Crippen molar-refractivity contribution in [2.24, 2.45) is 0 Å². The third-order valence-electron chi connectivity index (χ3n) is 4.96. The van der Waals surface area contributed by atoms with E-state index in [-0.39, 0.29) is 46.2 Å². The lowest BCUT2D eigenvalue weighted by Crippen LogP contribution is -2.55. The average Bonchev–Trinajstić information content (AvgIpc) is 3.37. The topological polar surface area (TPSA) is 127 Å². The van der Waals surface area contributed by atoms with Gasteiger partial charge in [0, 0.05) is 20.2 Å². The number of esters is 1. The van der Waals surface area contributed by atoms with E-state index >= 15 is 0 Å². The molecule has 0 radical (unpaired) electrons. The van der Waals surface area contributed by atoms with Gasteiger partial charge in [-0.05, 0) is 19.8 Å². The predicted molar refractivity (Wildman–Crippen MR) is 115 cm³/mol. The van der Waals surface area contributed by atoms with Crippen LogP contribution in [0.5, 0.6) is 0 Å². The number of halogens is 1. The largest absolute Gasteiger partial charge is 0.462 e. The number of H-pyrrole nitrogens is 1. The maximum absolute atomic E-state index is 12.6. The van der Waals surface area contributed by atoms with Crippen LogP contribution in [0, 0.1) is 0 Å². The summed E-state index contributed by atoms with van der Waals surface area (Å²) in [4.78, 5) is 49.4. The van der Waals surface area contributed by atoms with Crippen LogP contribution in [-0.4, -0.2) is 72.1 Å². The molecule has 0 saturated carbocycles. The second-order valence-corrected chi connectivity index (χ2v) is 8.18. The number of aldehydes is 1. The number of rotatable bonds is 8. The Hall–Kier alpha value is -2.50. The third-order valence-corrected chi connectivity index (χ3v) is 6.38. The Balaban J connectivity index is 1.70. The molecule has 1 saturated heterocycles. The molecule has 2 aromatic heterocycles. The van der Waals surface area contributed by atoms with E-state index in [2.05, 4.69) is 20.3 Å². The van der Waals surface area contributed by atoms with Gasteiger partial charge in [0.05, 0.1) is 24.4 Å². The van der Waals surface area contributed by atoms with Gasteiger partial charge in [-0.1, -0.05) is 29.9 Å². The molecule has 2 N–H and O–H groups in total. The zero-order valence-electron chi connectivity index (χ0n) is 17.4. The predicted octanol–water partition coefficient (Wildman–Crippen LogP) is 2.09. The quantitative estimate of drug-likeness (QED) is 0.444. The molecule has 0 unspecified atom stereocenters. The molecule has 1 aliphatic heterocycles. The Morgan fingerprint density at radius 1 is 1.39 bits per heavy atom. The summed E-state index contributed by atoms with van der Waals surface area (Å²) in [6.45, 7) is 4.80. The fourth-order valence-corrected chi connectivity index (χ4v) is 4.57. The highest BCUT2D eigenvalue weighted by Crippen LogP contribution is 2.29. The van der Waals surface area contributed by atoms with Gasteiger partial charge < -0.3 is 24.7 Å². The van der Waals surface area contributed by atoms with Crippen molar-refractivity contribution in [2.75, 3.05) is 31.7 Å². The highest BCUT2D eigenvalue weighted by atomic mass is 35.5. The number of carbonyl (C=O) groups is 3. The fourth-order valence-electron chi connectivity index (χ4n) is 3.34. The molecule has 0 aromatic carbocycles. The van der Waals surface area contributed by atoms with E-state index in [9.17, 15) is 14.4 Å². The molecule has 0 bridgehead atoms. The summed E-state index contributed by atoms with van der Waals surface area (Å²) >= 11 is 7.13. The lowest BCUT2D eigenvalue weighted by atomic mass is 10.0. The maximum Gasteiger partial charge on any atom is 0.350 e.